The fourth-order valence-electron chi connectivity index (χ4n) is 3.49. The maximum atomic E-state index is 3.74. The van der Waals surface area contributed by atoms with E-state index in [1.807, 2.05) is 0 Å². The van der Waals surface area contributed by atoms with Gasteiger partial charge in [-0.1, -0.05) is 6.92 Å². The molecular weight excluding hydrogens is 308 g/mol. The van der Waals surface area contributed by atoms with Gasteiger partial charge in [0.25, 0.3) is 0 Å². The molecule has 2 aliphatic rings. The Hall–Kier alpha value is 0.1000. The number of nitrogens with one attached hydrogen (secondary N) is 1. The Morgan fingerprint density at radius 2 is 2.11 bits per heavy atom. The third-order valence-electron chi connectivity index (χ3n) is 4.38. The summed E-state index contributed by atoms with van der Waals surface area (Å²) >= 11 is 5.35. The van der Waals surface area contributed by atoms with Gasteiger partial charge in [-0.2, -0.15) is 0 Å². The van der Waals surface area contributed by atoms with Crippen molar-refractivity contribution in [2.45, 2.75) is 57.3 Å². The van der Waals surface area contributed by atoms with Crippen LogP contribution in [-0.4, -0.2) is 29.6 Å². The SMILES string of the molecule is CCN(Cc1csc(Br)c1)C1CC2CCC(C1)N2. The van der Waals surface area contributed by atoms with Crippen molar-refractivity contribution in [1.82, 2.24) is 10.2 Å². The lowest BCUT2D eigenvalue weighted by Gasteiger charge is -2.37. The van der Waals surface area contributed by atoms with E-state index < -0.39 is 0 Å². The highest BCUT2D eigenvalue weighted by atomic mass is 79.9. The topological polar surface area (TPSA) is 15.3 Å². The molecule has 2 atom stereocenters. The van der Waals surface area contributed by atoms with Crippen LogP contribution in [0.2, 0.25) is 0 Å². The van der Waals surface area contributed by atoms with Crippen molar-refractivity contribution >= 4 is 27.3 Å². The highest BCUT2D eigenvalue weighted by Gasteiger charge is 2.35. The molecule has 1 aromatic rings. The van der Waals surface area contributed by atoms with Crippen LogP contribution in [0.4, 0.5) is 0 Å². The fraction of sp³-hybridized carbons (Fsp3) is 0.714. The molecule has 0 radical (unpaired) electrons. The lowest BCUT2D eigenvalue weighted by molar-refractivity contribution is 0.141. The van der Waals surface area contributed by atoms with Gasteiger partial charge in [-0.25, -0.2) is 0 Å². The van der Waals surface area contributed by atoms with E-state index in [4.69, 9.17) is 0 Å². The molecular formula is C14H21BrN2S. The molecule has 2 nitrogen and oxygen atoms in total. The minimum atomic E-state index is 0.785. The number of fused-ring (bicyclic) bond motifs is 2. The first-order valence-corrected chi connectivity index (χ1v) is 8.65. The first kappa shape index (κ1) is 13.1. The lowest BCUT2D eigenvalue weighted by atomic mass is 9.98. The van der Waals surface area contributed by atoms with Crippen molar-refractivity contribution in [3.8, 4) is 0 Å². The van der Waals surface area contributed by atoms with Crippen LogP contribution in [0.25, 0.3) is 0 Å². The summed E-state index contributed by atoms with van der Waals surface area (Å²) in [4.78, 5) is 2.67. The molecule has 1 N–H and O–H groups in total. The Bertz CT molecular complexity index is 394. The molecule has 0 aliphatic carbocycles. The normalized spacial score (nSPS) is 31.2. The van der Waals surface area contributed by atoms with Gasteiger partial charge in [0.15, 0.2) is 0 Å². The van der Waals surface area contributed by atoms with E-state index in [1.165, 1.54) is 35.0 Å². The van der Waals surface area contributed by atoms with E-state index in [9.17, 15) is 0 Å². The Morgan fingerprint density at radius 1 is 1.39 bits per heavy atom. The number of hydrogen-bond acceptors (Lipinski definition) is 3. The fourth-order valence-corrected chi connectivity index (χ4v) is 4.69. The monoisotopic (exact) mass is 328 g/mol. The zero-order valence-electron chi connectivity index (χ0n) is 10.9. The molecule has 2 unspecified atom stereocenters. The predicted molar refractivity (Wildman–Crippen MR) is 81.1 cm³/mol. The third-order valence-corrected chi connectivity index (χ3v) is 5.93. The molecule has 18 heavy (non-hydrogen) atoms. The Labute approximate surface area is 122 Å². The molecule has 1 aromatic heterocycles. The molecule has 0 spiro atoms. The zero-order valence-corrected chi connectivity index (χ0v) is 13.3. The van der Waals surface area contributed by atoms with Crippen LogP contribution in [0, 0.1) is 0 Å². The molecule has 2 saturated heterocycles. The van der Waals surface area contributed by atoms with E-state index >= 15 is 0 Å². The number of nitrogens with zero attached hydrogens (tertiary/aromatic N) is 1. The predicted octanol–water partition coefficient (Wildman–Crippen LogP) is 3.62. The van der Waals surface area contributed by atoms with E-state index in [-0.39, 0.29) is 0 Å². The van der Waals surface area contributed by atoms with Crippen LogP contribution in [0.5, 0.6) is 0 Å². The molecule has 2 bridgehead atoms. The summed E-state index contributed by atoms with van der Waals surface area (Å²) < 4.78 is 1.25. The summed E-state index contributed by atoms with van der Waals surface area (Å²) in [5, 5.41) is 6.02. The molecule has 3 rings (SSSR count). The van der Waals surface area contributed by atoms with Gasteiger partial charge in [0, 0.05) is 24.7 Å². The molecule has 0 aromatic carbocycles. The minimum absolute atomic E-state index is 0.785. The number of halogens is 1. The van der Waals surface area contributed by atoms with Crippen LogP contribution in [-0.2, 0) is 6.54 Å². The second kappa shape index (κ2) is 5.61. The zero-order chi connectivity index (χ0) is 12.5. The van der Waals surface area contributed by atoms with Crippen LogP contribution in [0.3, 0.4) is 0 Å². The lowest BCUT2D eigenvalue weighted by Crippen LogP contribution is -2.47. The first-order chi connectivity index (χ1) is 8.74. The van der Waals surface area contributed by atoms with Gasteiger partial charge >= 0.3 is 0 Å². The van der Waals surface area contributed by atoms with Crippen LogP contribution in [0.15, 0.2) is 15.2 Å². The first-order valence-electron chi connectivity index (χ1n) is 6.97. The highest BCUT2D eigenvalue weighted by molar-refractivity contribution is 9.11. The summed E-state index contributed by atoms with van der Waals surface area (Å²) in [5.41, 5.74) is 1.46. The summed E-state index contributed by atoms with van der Waals surface area (Å²) in [6.07, 6.45) is 5.47. The van der Waals surface area contributed by atoms with E-state index in [0.717, 1.165) is 31.2 Å². The van der Waals surface area contributed by atoms with Gasteiger partial charge in [-0.15, -0.1) is 11.3 Å². The highest BCUT2D eigenvalue weighted by Crippen LogP contribution is 2.31. The Balaban J connectivity index is 1.65. The maximum Gasteiger partial charge on any atom is 0.0701 e. The van der Waals surface area contributed by atoms with Crippen LogP contribution in [0.1, 0.15) is 38.2 Å². The average molecular weight is 329 g/mol. The van der Waals surface area contributed by atoms with Gasteiger partial charge < -0.3 is 5.32 Å². The van der Waals surface area contributed by atoms with E-state index in [0.29, 0.717) is 0 Å². The molecule has 2 fully saturated rings. The van der Waals surface area contributed by atoms with Crippen molar-refractivity contribution < 1.29 is 0 Å². The molecule has 4 heteroatoms. The number of rotatable bonds is 4. The summed E-state index contributed by atoms with van der Waals surface area (Å²) in [5.74, 6) is 0. The summed E-state index contributed by atoms with van der Waals surface area (Å²) in [7, 11) is 0. The smallest absolute Gasteiger partial charge is 0.0701 e. The molecule has 3 heterocycles. The average Bonchev–Trinajstić information content (AvgIpc) is 2.92. The van der Waals surface area contributed by atoms with Crippen molar-refractivity contribution in [2.75, 3.05) is 6.54 Å². The number of hydrogen-bond donors (Lipinski definition) is 1. The van der Waals surface area contributed by atoms with Crippen molar-refractivity contribution in [1.29, 1.82) is 0 Å². The molecule has 2 aliphatic heterocycles. The van der Waals surface area contributed by atoms with Crippen molar-refractivity contribution in [3.05, 3.63) is 20.8 Å². The molecule has 0 saturated carbocycles. The quantitative estimate of drug-likeness (QED) is 0.908. The molecule has 100 valence electrons. The second-order valence-corrected chi connectivity index (χ2v) is 7.88. The van der Waals surface area contributed by atoms with Crippen LogP contribution < -0.4 is 5.32 Å². The van der Waals surface area contributed by atoms with Crippen molar-refractivity contribution in [3.63, 3.8) is 0 Å². The van der Waals surface area contributed by atoms with Gasteiger partial charge in [0.1, 0.15) is 0 Å². The van der Waals surface area contributed by atoms with E-state index in [1.54, 1.807) is 11.3 Å². The van der Waals surface area contributed by atoms with E-state index in [2.05, 4.69) is 44.5 Å². The number of piperidine rings is 1. The third kappa shape index (κ3) is 2.82. The van der Waals surface area contributed by atoms with Gasteiger partial charge in [0.2, 0.25) is 0 Å². The largest absolute Gasteiger partial charge is 0.311 e. The van der Waals surface area contributed by atoms with Crippen molar-refractivity contribution in [2.24, 2.45) is 0 Å². The summed E-state index contributed by atoms with van der Waals surface area (Å²) in [6, 6.07) is 4.63. The Kier molecular flexibility index (Phi) is 4.09. The minimum Gasteiger partial charge on any atom is -0.311 e. The second-order valence-electron chi connectivity index (χ2n) is 5.59. The summed E-state index contributed by atoms with van der Waals surface area (Å²) in [6.45, 7) is 4.58. The number of thiophene rings is 1. The van der Waals surface area contributed by atoms with Crippen LogP contribution >= 0.6 is 27.3 Å². The molecule has 0 amide bonds. The van der Waals surface area contributed by atoms with Gasteiger partial charge in [0.05, 0.1) is 3.79 Å². The standard InChI is InChI=1S/C14H21BrN2S/c1-2-17(8-10-5-14(15)18-9-10)13-6-11-3-4-12(7-13)16-11/h5,9,11-13,16H,2-4,6-8H2,1H3. The van der Waals surface area contributed by atoms with Gasteiger partial charge in [-0.3, -0.25) is 4.90 Å². The Morgan fingerprint density at radius 3 is 2.67 bits per heavy atom. The maximum absolute atomic E-state index is 3.74. The van der Waals surface area contributed by atoms with Gasteiger partial charge in [-0.05, 0) is 65.2 Å².